The number of carboxylic acids is 1. The number of aliphatic carboxylic acids is 1. The van der Waals surface area contributed by atoms with Crippen molar-refractivity contribution >= 4 is 5.97 Å². The van der Waals surface area contributed by atoms with Crippen molar-refractivity contribution in [2.24, 2.45) is 5.92 Å². The van der Waals surface area contributed by atoms with Crippen LogP contribution >= 0.6 is 0 Å². The van der Waals surface area contributed by atoms with E-state index in [1.54, 1.807) is 0 Å². The number of benzene rings is 2. The Morgan fingerprint density at radius 1 is 1.08 bits per heavy atom. The number of hydrogen-bond acceptors (Lipinski definition) is 2. The Bertz CT molecular complexity index is 1170. The first-order valence-electron chi connectivity index (χ1n) is 13.6. The Labute approximate surface area is 217 Å². The fraction of sp³-hybridized carbons (Fsp3) is 0.485. The fourth-order valence-electron chi connectivity index (χ4n) is 5.59. The Kier molecular flexibility index (Phi) is 7.78. The van der Waals surface area contributed by atoms with Crippen molar-refractivity contribution in [3.05, 3.63) is 76.9 Å². The van der Waals surface area contributed by atoms with Crippen molar-refractivity contribution < 1.29 is 14.6 Å². The van der Waals surface area contributed by atoms with E-state index >= 15 is 0 Å². The number of allylic oxidation sites excluding steroid dienone is 3. The van der Waals surface area contributed by atoms with Gasteiger partial charge in [0.15, 0.2) is 0 Å². The lowest BCUT2D eigenvalue weighted by Crippen LogP contribution is -2.18. The lowest BCUT2D eigenvalue weighted by Gasteiger charge is -2.21. The highest BCUT2D eigenvalue weighted by Crippen LogP contribution is 2.57. The second kappa shape index (κ2) is 10.7. The second-order valence-electron chi connectivity index (χ2n) is 11.7. The molecule has 1 N–H and O–H groups in total. The quantitative estimate of drug-likeness (QED) is 0.197. The van der Waals surface area contributed by atoms with Crippen LogP contribution in [0.15, 0.2) is 60.2 Å². The van der Waals surface area contributed by atoms with Gasteiger partial charge in [-0.3, -0.25) is 0 Å². The minimum absolute atomic E-state index is 0.0212. The van der Waals surface area contributed by atoms with Gasteiger partial charge in [-0.15, -0.1) is 0 Å². The third-order valence-corrected chi connectivity index (χ3v) is 8.16. The molecule has 2 atom stereocenters. The van der Waals surface area contributed by atoms with Gasteiger partial charge in [0.2, 0.25) is 0 Å². The Morgan fingerprint density at radius 3 is 2.58 bits per heavy atom. The van der Waals surface area contributed by atoms with Crippen molar-refractivity contribution in [3.63, 3.8) is 0 Å². The van der Waals surface area contributed by atoms with Crippen LogP contribution < -0.4 is 4.74 Å². The minimum Gasteiger partial charge on any atom is -0.492 e. The Morgan fingerprint density at radius 2 is 1.83 bits per heavy atom. The van der Waals surface area contributed by atoms with E-state index in [0.717, 1.165) is 24.2 Å². The molecular formula is C33H42O3. The number of rotatable bonds is 11. The minimum atomic E-state index is -0.898. The second-order valence-corrected chi connectivity index (χ2v) is 11.7. The summed E-state index contributed by atoms with van der Waals surface area (Å²) in [4.78, 5) is 11.0. The number of ether oxygens (including phenoxy) is 1. The van der Waals surface area contributed by atoms with Gasteiger partial charge < -0.3 is 9.84 Å². The van der Waals surface area contributed by atoms with Gasteiger partial charge in [-0.05, 0) is 65.8 Å². The molecule has 1 heterocycles. The van der Waals surface area contributed by atoms with Crippen LogP contribution in [0.1, 0.15) is 89.8 Å². The summed E-state index contributed by atoms with van der Waals surface area (Å²) < 4.78 is 6.37. The van der Waals surface area contributed by atoms with Gasteiger partial charge in [0.1, 0.15) is 5.75 Å². The molecule has 0 bridgehead atoms. The summed E-state index contributed by atoms with van der Waals surface area (Å²) in [5.74, 6) is 0.559. The summed E-state index contributed by atoms with van der Waals surface area (Å²) >= 11 is 0. The molecule has 1 aliphatic carbocycles. The third-order valence-electron chi connectivity index (χ3n) is 8.16. The van der Waals surface area contributed by atoms with Crippen molar-refractivity contribution in [2.75, 3.05) is 6.61 Å². The average molecular weight is 487 g/mol. The molecule has 0 spiro atoms. The van der Waals surface area contributed by atoms with E-state index in [2.05, 4.69) is 70.2 Å². The molecular weight excluding hydrogens is 444 g/mol. The van der Waals surface area contributed by atoms with Crippen LogP contribution in [-0.4, -0.2) is 17.7 Å². The number of unbranched alkanes of at least 4 members (excludes halogenated alkanes) is 4. The zero-order valence-electron chi connectivity index (χ0n) is 22.7. The summed E-state index contributed by atoms with van der Waals surface area (Å²) in [5.41, 5.74) is 7.43. The molecule has 0 amide bonds. The fourth-order valence-corrected chi connectivity index (χ4v) is 5.59. The molecule has 36 heavy (non-hydrogen) atoms. The largest absolute Gasteiger partial charge is 0.492 e. The van der Waals surface area contributed by atoms with Crippen molar-refractivity contribution in [3.8, 4) is 16.9 Å². The van der Waals surface area contributed by atoms with Crippen LogP contribution in [0.4, 0.5) is 0 Å². The summed E-state index contributed by atoms with van der Waals surface area (Å²) in [7, 11) is 0. The van der Waals surface area contributed by atoms with E-state index in [1.807, 2.05) is 13.0 Å². The molecule has 1 fully saturated rings. The summed E-state index contributed by atoms with van der Waals surface area (Å²) in [5, 5.41) is 9.02. The highest BCUT2D eigenvalue weighted by atomic mass is 16.5. The van der Waals surface area contributed by atoms with E-state index in [1.165, 1.54) is 66.0 Å². The van der Waals surface area contributed by atoms with Gasteiger partial charge in [-0.25, -0.2) is 4.79 Å². The van der Waals surface area contributed by atoms with E-state index in [0.29, 0.717) is 12.5 Å². The van der Waals surface area contributed by atoms with Crippen LogP contribution in [0.25, 0.3) is 11.1 Å². The van der Waals surface area contributed by atoms with Crippen LogP contribution in [-0.2, 0) is 22.0 Å². The first-order chi connectivity index (χ1) is 17.2. The molecule has 2 aliphatic rings. The summed E-state index contributed by atoms with van der Waals surface area (Å²) in [6.45, 7) is 11.7. The van der Waals surface area contributed by atoms with E-state index in [4.69, 9.17) is 9.84 Å². The predicted molar refractivity (Wildman–Crippen MR) is 149 cm³/mol. The molecule has 0 unspecified atom stereocenters. The number of fused-ring (bicyclic) bond motifs is 1. The van der Waals surface area contributed by atoms with Gasteiger partial charge in [-0.1, -0.05) is 95.9 Å². The van der Waals surface area contributed by atoms with Crippen LogP contribution in [0.2, 0.25) is 0 Å². The Hall–Kier alpha value is -2.81. The third kappa shape index (κ3) is 5.61. The molecule has 2 aromatic rings. The van der Waals surface area contributed by atoms with Crippen LogP contribution in [0, 0.1) is 5.92 Å². The zero-order valence-corrected chi connectivity index (χ0v) is 22.7. The molecule has 1 saturated carbocycles. The summed E-state index contributed by atoms with van der Waals surface area (Å²) in [6.07, 6.45) is 14.0. The lowest BCUT2D eigenvalue weighted by atomic mass is 9.80. The maximum absolute atomic E-state index is 11.0. The standard InChI is InChI=1S/C33H42O3/c1-6-7-8-9-10-13-24-14-11-12-15-27(24)28-19-26(20-29-31(28)36-22-32(29,3)4)33(5)21-25(33)17-16-23(2)18-30(34)35/h11-12,14-20,25H,6-10,13,21-22H2,1-5H3,(H,34,35)/b17-16+,23-18+/t25-,33+/m1/s1. The molecule has 3 nitrogen and oxygen atoms in total. The van der Waals surface area contributed by atoms with E-state index in [9.17, 15) is 4.79 Å². The topological polar surface area (TPSA) is 46.5 Å². The first kappa shape index (κ1) is 26.3. The highest BCUT2D eigenvalue weighted by Gasteiger charge is 2.50. The molecule has 0 radical (unpaired) electrons. The van der Waals surface area contributed by atoms with Crippen molar-refractivity contribution in [1.29, 1.82) is 0 Å². The van der Waals surface area contributed by atoms with E-state index < -0.39 is 5.97 Å². The van der Waals surface area contributed by atoms with Crippen LogP contribution in [0.5, 0.6) is 5.75 Å². The molecule has 1 aliphatic heterocycles. The molecule has 0 saturated heterocycles. The van der Waals surface area contributed by atoms with Gasteiger partial charge in [0, 0.05) is 22.6 Å². The molecule has 192 valence electrons. The van der Waals surface area contributed by atoms with Crippen LogP contribution in [0.3, 0.4) is 0 Å². The smallest absolute Gasteiger partial charge is 0.328 e. The molecule has 3 heteroatoms. The monoisotopic (exact) mass is 486 g/mol. The lowest BCUT2D eigenvalue weighted by molar-refractivity contribution is -0.131. The molecule has 2 aromatic carbocycles. The SMILES string of the molecule is CCCCCCCc1ccccc1-c1cc([C@@]2(C)C[C@H]2/C=C/C(C)=C/C(=O)O)cc2c1OCC2(C)C. The number of hydrogen-bond donors (Lipinski definition) is 1. The highest BCUT2D eigenvalue weighted by molar-refractivity contribution is 5.81. The van der Waals surface area contributed by atoms with Crippen molar-refractivity contribution in [1.82, 2.24) is 0 Å². The predicted octanol–water partition coefficient (Wildman–Crippen LogP) is 8.40. The van der Waals surface area contributed by atoms with Gasteiger partial charge in [-0.2, -0.15) is 0 Å². The van der Waals surface area contributed by atoms with Gasteiger partial charge >= 0.3 is 5.97 Å². The van der Waals surface area contributed by atoms with Gasteiger partial charge in [0.25, 0.3) is 0 Å². The normalized spacial score (nSPS) is 22.5. The number of carbonyl (C=O) groups is 1. The van der Waals surface area contributed by atoms with E-state index in [-0.39, 0.29) is 10.8 Å². The zero-order chi connectivity index (χ0) is 25.9. The maximum atomic E-state index is 11.0. The first-order valence-corrected chi connectivity index (χ1v) is 13.6. The molecule has 0 aromatic heterocycles. The maximum Gasteiger partial charge on any atom is 0.328 e. The Balaban J connectivity index is 1.68. The van der Waals surface area contributed by atoms with Crippen molar-refractivity contribution in [2.45, 2.75) is 90.4 Å². The number of aryl methyl sites for hydroxylation is 1. The average Bonchev–Trinajstić information content (AvgIpc) is 3.41. The van der Waals surface area contributed by atoms with Gasteiger partial charge in [0.05, 0.1) is 6.61 Å². The summed E-state index contributed by atoms with van der Waals surface area (Å²) in [6, 6.07) is 13.6. The number of carboxylic acid groups (broad SMARTS) is 1. The molecule has 4 rings (SSSR count).